The number of methoxy groups -OCH3 is 1. The van der Waals surface area contributed by atoms with Crippen molar-refractivity contribution in [2.75, 3.05) is 51.3 Å². The standard InChI is InChI=1S/C17H25N5O3/c1-13(23)22-7-3-4-14(12-22)16(24)20-8-10-21(11-9-20)17-18-6-5-15(19-17)25-2/h5-6,14H,3-4,7-12H2,1-2H3/t14-/m0/s1. The van der Waals surface area contributed by atoms with Gasteiger partial charge in [0.1, 0.15) is 0 Å². The monoisotopic (exact) mass is 347 g/mol. The van der Waals surface area contributed by atoms with Gasteiger partial charge in [0.05, 0.1) is 13.0 Å². The highest BCUT2D eigenvalue weighted by Gasteiger charge is 2.32. The summed E-state index contributed by atoms with van der Waals surface area (Å²) in [5.74, 6) is 1.31. The molecule has 8 heteroatoms. The molecule has 2 aliphatic rings. The number of piperazine rings is 1. The first-order valence-electron chi connectivity index (χ1n) is 8.75. The first-order valence-corrected chi connectivity index (χ1v) is 8.75. The molecule has 0 unspecified atom stereocenters. The van der Waals surface area contributed by atoms with E-state index in [4.69, 9.17) is 4.74 Å². The molecule has 2 saturated heterocycles. The molecule has 1 aromatic heterocycles. The fraction of sp³-hybridized carbons (Fsp3) is 0.647. The molecule has 1 aromatic rings. The highest BCUT2D eigenvalue weighted by molar-refractivity contribution is 5.81. The maximum Gasteiger partial charge on any atom is 0.228 e. The first-order chi connectivity index (χ1) is 12.1. The zero-order valence-electron chi connectivity index (χ0n) is 14.8. The van der Waals surface area contributed by atoms with Crippen molar-refractivity contribution in [2.45, 2.75) is 19.8 Å². The third-order valence-electron chi connectivity index (χ3n) is 4.92. The summed E-state index contributed by atoms with van der Waals surface area (Å²) in [6, 6.07) is 1.72. The van der Waals surface area contributed by atoms with Gasteiger partial charge in [-0.25, -0.2) is 4.98 Å². The molecule has 0 saturated carbocycles. The number of likely N-dealkylation sites (tertiary alicyclic amines) is 1. The molecule has 0 spiro atoms. The number of nitrogens with zero attached hydrogens (tertiary/aromatic N) is 5. The van der Waals surface area contributed by atoms with Crippen molar-refractivity contribution < 1.29 is 14.3 Å². The second-order valence-corrected chi connectivity index (χ2v) is 6.52. The molecule has 25 heavy (non-hydrogen) atoms. The van der Waals surface area contributed by atoms with Crippen LogP contribution >= 0.6 is 0 Å². The molecule has 2 aliphatic heterocycles. The van der Waals surface area contributed by atoms with Crippen molar-refractivity contribution in [3.05, 3.63) is 12.3 Å². The second kappa shape index (κ2) is 7.67. The molecule has 0 N–H and O–H groups in total. The van der Waals surface area contributed by atoms with Crippen LogP contribution in [0.3, 0.4) is 0 Å². The highest BCUT2D eigenvalue weighted by atomic mass is 16.5. The lowest BCUT2D eigenvalue weighted by molar-refractivity contribution is -0.140. The van der Waals surface area contributed by atoms with E-state index in [9.17, 15) is 9.59 Å². The zero-order chi connectivity index (χ0) is 17.8. The van der Waals surface area contributed by atoms with Gasteiger partial charge in [-0.1, -0.05) is 0 Å². The van der Waals surface area contributed by atoms with E-state index in [0.29, 0.717) is 44.6 Å². The Morgan fingerprint density at radius 1 is 1.16 bits per heavy atom. The van der Waals surface area contributed by atoms with Gasteiger partial charge in [0.15, 0.2) is 0 Å². The van der Waals surface area contributed by atoms with Crippen LogP contribution in [-0.2, 0) is 9.59 Å². The fourth-order valence-corrected chi connectivity index (χ4v) is 3.45. The quantitative estimate of drug-likeness (QED) is 0.787. The molecule has 0 aliphatic carbocycles. The predicted molar refractivity (Wildman–Crippen MR) is 92.4 cm³/mol. The molecule has 3 rings (SSSR count). The Kier molecular flexibility index (Phi) is 5.35. The molecular formula is C17H25N5O3. The Hall–Kier alpha value is -2.38. The van der Waals surface area contributed by atoms with E-state index in [1.54, 1.807) is 31.2 Å². The highest BCUT2D eigenvalue weighted by Crippen LogP contribution is 2.21. The summed E-state index contributed by atoms with van der Waals surface area (Å²) in [6.45, 7) is 5.57. The summed E-state index contributed by atoms with van der Waals surface area (Å²) < 4.78 is 5.14. The number of anilines is 1. The Labute approximate surface area is 147 Å². The van der Waals surface area contributed by atoms with Crippen molar-refractivity contribution in [3.8, 4) is 5.88 Å². The number of carbonyl (C=O) groups is 2. The van der Waals surface area contributed by atoms with Crippen LogP contribution in [0, 0.1) is 5.92 Å². The third-order valence-corrected chi connectivity index (χ3v) is 4.92. The van der Waals surface area contributed by atoms with Gasteiger partial charge in [-0.15, -0.1) is 0 Å². The molecule has 3 heterocycles. The van der Waals surface area contributed by atoms with Gasteiger partial charge < -0.3 is 19.4 Å². The molecule has 1 atom stereocenters. The summed E-state index contributed by atoms with van der Waals surface area (Å²) in [5.41, 5.74) is 0. The Morgan fingerprint density at radius 3 is 2.60 bits per heavy atom. The van der Waals surface area contributed by atoms with Gasteiger partial charge in [-0.3, -0.25) is 9.59 Å². The Morgan fingerprint density at radius 2 is 1.92 bits per heavy atom. The van der Waals surface area contributed by atoms with E-state index < -0.39 is 0 Å². The number of ether oxygens (including phenoxy) is 1. The normalized spacial score (nSPS) is 21.2. The maximum atomic E-state index is 12.8. The van der Waals surface area contributed by atoms with Gasteiger partial charge >= 0.3 is 0 Å². The number of hydrogen-bond acceptors (Lipinski definition) is 6. The van der Waals surface area contributed by atoms with E-state index in [1.807, 2.05) is 4.90 Å². The minimum atomic E-state index is -0.0720. The van der Waals surface area contributed by atoms with Gasteiger partial charge in [-0.2, -0.15) is 4.98 Å². The van der Waals surface area contributed by atoms with Crippen LogP contribution in [0.5, 0.6) is 5.88 Å². The van der Waals surface area contributed by atoms with E-state index in [2.05, 4.69) is 14.9 Å². The number of hydrogen-bond donors (Lipinski definition) is 0. The summed E-state index contributed by atoms with van der Waals surface area (Å²) in [4.78, 5) is 38.7. The average molecular weight is 347 g/mol. The van der Waals surface area contributed by atoms with Gasteiger partial charge in [0.2, 0.25) is 23.6 Å². The number of carbonyl (C=O) groups excluding carboxylic acids is 2. The molecule has 0 bridgehead atoms. The molecule has 0 radical (unpaired) electrons. The van der Waals surface area contributed by atoms with E-state index >= 15 is 0 Å². The van der Waals surface area contributed by atoms with Crippen molar-refractivity contribution in [1.29, 1.82) is 0 Å². The molecule has 8 nitrogen and oxygen atoms in total. The Bertz CT molecular complexity index is 630. The minimum Gasteiger partial charge on any atom is -0.481 e. The number of rotatable bonds is 3. The lowest BCUT2D eigenvalue weighted by Crippen LogP contribution is -2.53. The fourth-order valence-electron chi connectivity index (χ4n) is 3.45. The molecular weight excluding hydrogens is 322 g/mol. The van der Waals surface area contributed by atoms with E-state index in [0.717, 1.165) is 19.4 Å². The molecule has 2 amide bonds. The SMILES string of the molecule is COc1ccnc(N2CCN(C(=O)[C@H]3CCCN(C(C)=O)C3)CC2)n1. The van der Waals surface area contributed by atoms with Crippen LogP contribution in [-0.4, -0.2) is 78.0 Å². The van der Waals surface area contributed by atoms with Gasteiger partial charge in [-0.05, 0) is 12.8 Å². The summed E-state index contributed by atoms with van der Waals surface area (Å²) in [7, 11) is 1.58. The lowest BCUT2D eigenvalue weighted by atomic mass is 9.96. The molecule has 2 fully saturated rings. The number of piperidine rings is 1. The average Bonchev–Trinajstić information content (AvgIpc) is 2.67. The lowest BCUT2D eigenvalue weighted by Gasteiger charge is -2.38. The zero-order valence-corrected chi connectivity index (χ0v) is 14.8. The van der Waals surface area contributed by atoms with Crippen LogP contribution in [0.25, 0.3) is 0 Å². The van der Waals surface area contributed by atoms with Gasteiger partial charge in [0, 0.05) is 58.5 Å². The molecule has 136 valence electrons. The van der Waals surface area contributed by atoms with Crippen LogP contribution in [0.4, 0.5) is 5.95 Å². The summed E-state index contributed by atoms with van der Waals surface area (Å²) >= 11 is 0. The topological polar surface area (TPSA) is 78.9 Å². The largest absolute Gasteiger partial charge is 0.481 e. The van der Waals surface area contributed by atoms with Crippen LogP contribution < -0.4 is 9.64 Å². The summed E-state index contributed by atoms with van der Waals surface area (Å²) in [6.07, 6.45) is 3.44. The van der Waals surface area contributed by atoms with E-state index in [1.165, 1.54) is 0 Å². The van der Waals surface area contributed by atoms with Crippen LogP contribution in [0.15, 0.2) is 12.3 Å². The minimum absolute atomic E-state index is 0.0532. The van der Waals surface area contributed by atoms with E-state index in [-0.39, 0.29) is 17.7 Å². The number of amides is 2. The van der Waals surface area contributed by atoms with Crippen molar-refractivity contribution in [1.82, 2.24) is 19.8 Å². The van der Waals surface area contributed by atoms with Gasteiger partial charge in [0.25, 0.3) is 0 Å². The third kappa shape index (κ3) is 4.00. The predicted octanol–water partition coefficient (Wildman–Crippen LogP) is 0.392. The first kappa shape index (κ1) is 17.4. The van der Waals surface area contributed by atoms with Crippen molar-refractivity contribution in [2.24, 2.45) is 5.92 Å². The van der Waals surface area contributed by atoms with Crippen molar-refractivity contribution in [3.63, 3.8) is 0 Å². The van der Waals surface area contributed by atoms with Crippen molar-refractivity contribution >= 4 is 17.8 Å². The Balaban J connectivity index is 1.56. The van der Waals surface area contributed by atoms with Crippen LogP contribution in [0.2, 0.25) is 0 Å². The summed E-state index contributed by atoms with van der Waals surface area (Å²) in [5, 5.41) is 0. The van der Waals surface area contributed by atoms with Crippen LogP contribution in [0.1, 0.15) is 19.8 Å². The second-order valence-electron chi connectivity index (χ2n) is 6.52. The smallest absolute Gasteiger partial charge is 0.228 e. The molecule has 0 aromatic carbocycles. The maximum absolute atomic E-state index is 12.8. The number of aromatic nitrogens is 2.